The number of benzene rings is 1. The van der Waals surface area contributed by atoms with E-state index in [4.69, 9.17) is 14.2 Å². The van der Waals surface area contributed by atoms with Gasteiger partial charge < -0.3 is 24.6 Å². The van der Waals surface area contributed by atoms with Gasteiger partial charge in [0.05, 0.1) is 19.3 Å². The number of rotatable bonds is 6. The number of ether oxygens (including phenoxy) is 3. The summed E-state index contributed by atoms with van der Waals surface area (Å²) >= 11 is 0. The highest BCUT2D eigenvalue weighted by Crippen LogP contribution is 2.44. The number of nitrogens with one attached hydrogen (secondary N) is 1. The minimum Gasteiger partial charge on any atom is -0.504 e. The first kappa shape index (κ1) is 19.9. The average Bonchev–Trinajstić information content (AvgIpc) is 2.67. The molecule has 3 rings (SSSR count). The van der Waals surface area contributed by atoms with Crippen LogP contribution in [0, 0.1) is 0 Å². The van der Waals surface area contributed by atoms with Gasteiger partial charge in [-0.05, 0) is 37.5 Å². The molecular weight excluding hydrogens is 362 g/mol. The molecule has 0 unspecified atom stereocenters. The van der Waals surface area contributed by atoms with Gasteiger partial charge in [-0.25, -0.2) is 4.79 Å². The van der Waals surface area contributed by atoms with Crippen molar-refractivity contribution in [3.8, 4) is 11.5 Å². The summed E-state index contributed by atoms with van der Waals surface area (Å²) in [4.78, 5) is 25.6. The Balaban J connectivity index is 2.07. The van der Waals surface area contributed by atoms with Crippen LogP contribution in [-0.4, -0.2) is 44.3 Å². The molecule has 7 nitrogen and oxygen atoms in total. The summed E-state index contributed by atoms with van der Waals surface area (Å²) in [6.07, 6.45) is 1.94. The maximum Gasteiger partial charge on any atom is 0.336 e. The summed E-state index contributed by atoms with van der Waals surface area (Å²) in [6.45, 7) is 2.20. The fraction of sp³-hybridized carbons (Fsp3) is 0.429. The zero-order chi connectivity index (χ0) is 20.3. The van der Waals surface area contributed by atoms with Crippen molar-refractivity contribution >= 4 is 11.8 Å². The number of methoxy groups -OCH3 is 2. The van der Waals surface area contributed by atoms with Gasteiger partial charge in [-0.1, -0.05) is 6.07 Å². The molecular formula is C21H25NO6. The number of carbonyl (C=O) groups is 2. The van der Waals surface area contributed by atoms with E-state index in [0.717, 1.165) is 18.5 Å². The number of Topliss-reactive ketones (excluding diaryl/α,β-unsaturated/α-hetero) is 1. The van der Waals surface area contributed by atoms with E-state index in [-0.39, 0.29) is 24.7 Å². The van der Waals surface area contributed by atoms with E-state index in [0.29, 0.717) is 34.6 Å². The van der Waals surface area contributed by atoms with Crippen LogP contribution in [0.5, 0.6) is 11.5 Å². The van der Waals surface area contributed by atoms with E-state index in [9.17, 15) is 14.7 Å². The van der Waals surface area contributed by atoms with Crippen LogP contribution in [0.25, 0.3) is 0 Å². The Hall–Kier alpha value is -2.80. The highest BCUT2D eigenvalue weighted by atomic mass is 16.6. The monoisotopic (exact) mass is 387 g/mol. The molecule has 0 aromatic heterocycles. The molecule has 0 spiro atoms. The number of carbonyl (C=O) groups excluding carboxylic acids is 2. The van der Waals surface area contributed by atoms with Gasteiger partial charge in [-0.3, -0.25) is 4.79 Å². The molecule has 0 saturated carbocycles. The second-order valence-electron chi connectivity index (χ2n) is 6.83. The van der Waals surface area contributed by atoms with Crippen LogP contribution in [0.15, 0.2) is 40.7 Å². The zero-order valence-electron chi connectivity index (χ0n) is 16.3. The molecule has 1 aromatic rings. The maximum atomic E-state index is 12.9. The smallest absolute Gasteiger partial charge is 0.336 e. The molecule has 0 amide bonds. The second kappa shape index (κ2) is 8.48. The van der Waals surface area contributed by atoms with Crippen molar-refractivity contribution in [3.63, 3.8) is 0 Å². The number of dihydropyridines is 1. The topological polar surface area (TPSA) is 94.1 Å². The fourth-order valence-electron chi connectivity index (χ4n) is 3.77. The Morgan fingerprint density at radius 3 is 2.71 bits per heavy atom. The predicted octanol–water partition coefficient (Wildman–Crippen LogP) is 2.56. The molecule has 0 fully saturated rings. The van der Waals surface area contributed by atoms with Crippen LogP contribution in [-0.2, 0) is 19.1 Å². The van der Waals surface area contributed by atoms with E-state index in [1.54, 1.807) is 19.1 Å². The first-order valence-electron chi connectivity index (χ1n) is 9.25. The standard InChI is InChI=1S/C21H25NO6/c1-12-18(21(25)28-10-9-26-2)19(13-7-8-17(27-3)16(24)11-13)20-14(22-12)5-4-6-15(20)23/h7-8,11,19,22,24H,4-6,9-10H2,1-3H3/t19-/m0/s1. The number of allylic oxidation sites excluding steroid dienone is 3. The van der Waals surface area contributed by atoms with Gasteiger partial charge in [0.1, 0.15) is 6.61 Å². The number of hydrogen-bond acceptors (Lipinski definition) is 7. The van der Waals surface area contributed by atoms with Crippen molar-refractivity contribution in [3.05, 3.63) is 46.3 Å². The Morgan fingerprint density at radius 2 is 2.04 bits per heavy atom. The third-order valence-corrected chi connectivity index (χ3v) is 5.05. The van der Waals surface area contributed by atoms with Crippen molar-refractivity contribution in [2.75, 3.05) is 27.4 Å². The average molecular weight is 387 g/mol. The highest BCUT2D eigenvalue weighted by Gasteiger charge is 2.39. The summed E-state index contributed by atoms with van der Waals surface area (Å²) in [5.41, 5.74) is 3.06. The van der Waals surface area contributed by atoms with Crippen molar-refractivity contribution in [2.24, 2.45) is 0 Å². The van der Waals surface area contributed by atoms with E-state index in [1.165, 1.54) is 20.3 Å². The maximum absolute atomic E-state index is 12.9. The lowest BCUT2D eigenvalue weighted by Gasteiger charge is -2.34. The molecule has 1 heterocycles. The molecule has 7 heteroatoms. The number of esters is 1. The molecule has 2 N–H and O–H groups in total. The molecule has 1 aliphatic heterocycles. The van der Waals surface area contributed by atoms with Gasteiger partial charge in [0.2, 0.25) is 0 Å². The van der Waals surface area contributed by atoms with E-state index in [1.807, 2.05) is 0 Å². The van der Waals surface area contributed by atoms with Gasteiger partial charge >= 0.3 is 5.97 Å². The Morgan fingerprint density at radius 1 is 1.25 bits per heavy atom. The van der Waals surface area contributed by atoms with E-state index < -0.39 is 11.9 Å². The first-order valence-corrected chi connectivity index (χ1v) is 9.25. The first-order chi connectivity index (χ1) is 13.5. The minimum absolute atomic E-state index is 0.00347. The van der Waals surface area contributed by atoms with Crippen LogP contribution < -0.4 is 10.1 Å². The Labute approximate surface area is 164 Å². The third-order valence-electron chi connectivity index (χ3n) is 5.05. The molecule has 28 heavy (non-hydrogen) atoms. The summed E-state index contributed by atoms with van der Waals surface area (Å²) in [5, 5.41) is 13.5. The largest absolute Gasteiger partial charge is 0.504 e. The molecule has 0 saturated heterocycles. The van der Waals surface area contributed by atoms with Crippen LogP contribution in [0.2, 0.25) is 0 Å². The molecule has 2 aliphatic rings. The number of phenolic OH excluding ortho intramolecular Hbond substituents is 1. The summed E-state index contributed by atoms with van der Waals surface area (Å²) in [5.74, 6) is -0.826. The normalized spacial score (nSPS) is 19.2. The van der Waals surface area contributed by atoms with Gasteiger partial charge in [0.15, 0.2) is 17.3 Å². The highest BCUT2D eigenvalue weighted by molar-refractivity contribution is 6.03. The predicted molar refractivity (Wildman–Crippen MR) is 102 cm³/mol. The van der Waals surface area contributed by atoms with E-state index in [2.05, 4.69) is 5.32 Å². The third kappa shape index (κ3) is 3.75. The lowest BCUT2D eigenvalue weighted by Crippen LogP contribution is -2.34. The molecule has 1 aliphatic carbocycles. The van der Waals surface area contributed by atoms with Crippen LogP contribution in [0.3, 0.4) is 0 Å². The molecule has 150 valence electrons. The van der Waals surface area contributed by atoms with Crippen molar-refractivity contribution in [1.29, 1.82) is 0 Å². The molecule has 1 atom stereocenters. The Bertz CT molecular complexity index is 854. The Kier molecular flexibility index (Phi) is 6.04. The molecule has 0 radical (unpaired) electrons. The summed E-state index contributed by atoms with van der Waals surface area (Å²) in [6, 6.07) is 4.93. The fourth-order valence-corrected chi connectivity index (χ4v) is 3.77. The summed E-state index contributed by atoms with van der Waals surface area (Å²) in [7, 11) is 2.99. The number of hydrogen-bond donors (Lipinski definition) is 2. The lowest BCUT2D eigenvalue weighted by atomic mass is 9.75. The van der Waals surface area contributed by atoms with Crippen molar-refractivity contribution in [2.45, 2.75) is 32.1 Å². The lowest BCUT2D eigenvalue weighted by molar-refractivity contribution is -0.140. The van der Waals surface area contributed by atoms with Gasteiger partial charge in [0.25, 0.3) is 0 Å². The number of ketones is 1. The number of phenols is 1. The quantitative estimate of drug-likeness (QED) is 0.572. The molecule has 0 bridgehead atoms. The SMILES string of the molecule is COCCOC(=O)C1=C(C)NC2=C(C(=O)CCC2)[C@H]1c1ccc(OC)c(O)c1. The molecule has 1 aromatic carbocycles. The minimum atomic E-state index is -0.601. The van der Waals surface area contributed by atoms with Crippen molar-refractivity contribution < 1.29 is 28.9 Å². The number of aromatic hydroxyl groups is 1. The van der Waals surface area contributed by atoms with Gasteiger partial charge in [-0.2, -0.15) is 0 Å². The summed E-state index contributed by atoms with van der Waals surface area (Å²) < 4.78 is 15.4. The van der Waals surface area contributed by atoms with Gasteiger partial charge in [-0.15, -0.1) is 0 Å². The van der Waals surface area contributed by atoms with E-state index >= 15 is 0 Å². The zero-order valence-corrected chi connectivity index (χ0v) is 16.3. The van der Waals surface area contributed by atoms with Crippen LogP contribution in [0.1, 0.15) is 37.7 Å². The van der Waals surface area contributed by atoms with Crippen molar-refractivity contribution in [1.82, 2.24) is 5.32 Å². The van der Waals surface area contributed by atoms with Crippen LogP contribution in [0.4, 0.5) is 0 Å². The van der Waals surface area contributed by atoms with Crippen LogP contribution >= 0.6 is 0 Å². The second-order valence-corrected chi connectivity index (χ2v) is 6.83. The van der Waals surface area contributed by atoms with Gasteiger partial charge in [0, 0.05) is 36.4 Å².